The first-order chi connectivity index (χ1) is 9.20. The van der Waals surface area contributed by atoms with Crippen LogP contribution >= 0.6 is 27.3 Å². The van der Waals surface area contributed by atoms with Crippen molar-refractivity contribution in [1.29, 1.82) is 0 Å². The van der Waals surface area contributed by atoms with Gasteiger partial charge in [-0.15, -0.1) is 11.3 Å². The van der Waals surface area contributed by atoms with E-state index in [1.54, 1.807) is 17.7 Å². The molecule has 2 N–H and O–H groups in total. The molecule has 0 aliphatic heterocycles. The van der Waals surface area contributed by atoms with Crippen LogP contribution in [-0.2, 0) is 6.54 Å². The molecule has 0 atom stereocenters. The van der Waals surface area contributed by atoms with Crippen molar-refractivity contribution in [1.82, 2.24) is 15.0 Å². The van der Waals surface area contributed by atoms with Gasteiger partial charge in [-0.25, -0.2) is 15.0 Å². The average Bonchev–Trinajstić information content (AvgIpc) is 2.82. The predicted octanol–water partition coefficient (Wildman–Crippen LogP) is 3.44. The van der Waals surface area contributed by atoms with E-state index in [-0.39, 0.29) is 0 Å². The summed E-state index contributed by atoms with van der Waals surface area (Å²) in [4.78, 5) is 14.0. The van der Waals surface area contributed by atoms with Crippen molar-refractivity contribution >= 4 is 38.9 Å². The summed E-state index contributed by atoms with van der Waals surface area (Å²) in [5, 5.41) is 7.57. The molecule has 19 heavy (non-hydrogen) atoms. The maximum Gasteiger partial charge on any atom is 0.146 e. The maximum absolute atomic E-state index is 4.31. The molecule has 5 nitrogen and oxygen atoms in total. The quantitative estimate of drug-likeness (QED) is 0.842. The second kappa shape index (κ2) is 6.81. The van der Waals surface area contributed by atoms with Crippen LogP contribution in [0.5, 0.6) is 0 Å². The largest absolute Gasteiger partial charge is 0.369 e. The SMILES string of the molecule is CCCNc1ncnc(NCc2ncc(C)s2)c1Br. The van der Waals surface area contributed by atoms with E-state index in [9.17, 15) is 0 Å². The number of anilines is 2. The Morgan fingerprint density at radius 1 is 1.21 bits per heavy atom. The first-order valence-electron chi connectivity index (χ1n) is 6.10. The third kappa shape index (κ3) is 3.87. The number of rotatable bonds is 6. The summed E-state index contributed by atoms with van der Waals surface area (Å²) < 4.78 is 0.858. The molecule has 0 saturated carbocycles. The van der Waals surface area contributed by atoms with Gasteiger partial charge in [0.25, 0.3) is 0 Å². The average molecular weight is 342 g/mol. The van der Waals surface area contributed by atoms with Crippen LogP contribution in [0.1, 0.15) is 23.2 Å². The number of thiazole rings is 1. The van der Waals surface area contributed by atoms with Crippen molar-refractivity contribution in [3.63, 3.8) is 0 Å². The normalized spacial score (nSPS) is 10.5. The summed E-state index contributed by atoms with van der Waals surface area (Å²) in [5.74, 6) is 1.59. The minimum Gasteiger partial charge on any atom is -0.369 e. The molecule has 0 aliphatic rings. The van der Waals surface area contributed by atoms with Crippen molar-refractivity contribution in [2.24, 2.45) is 0 Å². The molecular weight excluding hydrogens is 326 g/mol. The van der Waals surface area contributed by atoms with Gasteiger partial charge in [0.2, 0.25) is 0 Å². The molecule has 7 heteroatoms. The highest BCUT2D eigenvalue weighted by Crippen LogP contribution is 2.27. The standard InChI is InChI=1S/C12H16BrN5S/c1-3-4-14-11-10(13)12(18-7-17-11)16-6-9-15-5-8(2)19-9/h5,7H,3-4,6H2,1-2H3,(H2,14,16,17,18). The molecule has 0 unspecified atom stereocenters. The molecular formula is C12H16BrN5S. The molecule has 0 fully saturated rings. The Morgan fingerprint density at radius 2 is 1.95 bits per heavy atom. The van der Waals surface area contributed by atoms with Crippen LogP contribution in [0, 0.1) is 6.92 Å². The minimum absolute atomic E-state index is 0.668. The Morgan fingerprint density at radius 3 is 2.58 bits per heavy atom. The number of nitrogens with zero attached hydrogens (tertiary/aromatic N) is 3. The Kier molecular flexibility index (Phi) is 5.09. The lowest BCUT2D eigenvalue weighted by molar-refractivity contribution is 0.959. The molecule has 0 spiro atoms. The van der Waals surface area contributed by atoms with E-state index in [4.69, 9.17) is 0 Å². The summed E-state index contributed by atoms with van der Waals surface area (Å²) in [7, 11) is 0. The third-order valence-electron chi connectivity index (χ3n) is 2.41. The van der Waals surface area contributed by atoms with Gasteiger partial charge in [-0.1, -0.05) is 6.92 Å². The summed E-state index contributed by atoms with van der Waals surface area (Å²) >= 11 is 5.21. The van der Waals surface area contributed by atoms with Gasteiger partial charge in [0.05, 0.1) is 6.54 Å². The highest BCUT2D eigenvalue weighted by atomic mass is 79.9. The van der Waals surface area contributed by atoms with Crippen LogP contribution in [0.15, 0.2) is 17.0 Å². The van der Waals surface area contributed by atoms with Gasteiger partial charge in [-0.2, -0.15) is 0 Å². The van der Waals surface area contributed by atoms with E-state index >= 15 is 0 Å². The highest BCUT2D eigenvalue weighted by Gasteiger charge is 2.08. The van der Waals surface area contributed by atoms with Gasteiger partial charge in [-0.3, -0.25) is 0 Å². The topological polar surface area (TPSA) is 62.7 Å². The fraction of sp³-hybridized carbons (Fsp3) is 0.417. The van der Waals surface area contributed by atoms with E-state index in [1.165, 1.54) is 4.88 Å². The minimum atomic E-state index is 0.668. The second-order valence-electron chi connectivity index (χ2n) is 4.03. The molecule has 0 saturated heterocycles. The van der Waals surface area contributed by atoms with Crippen LogP contribution < -0.4 is 10.6 Å². The van der Waals surface area contributed by atoms with Gasteiger partial charge >= 0.3 is 0 Å². The van der Waals surface area contributed by atoms with Gasteiger partial charge in [-0.05, 0) is 29.3 Å². The van der Waals surface area contributed by atoms with Gasteiger partial charge in [0.15, 0.2) is 0 Å². The van der Waals surface area contributed by atoms with E-state index in [0.717, 1.165) is 34.1 Å². The molecule has 2 aromatic heterocycles. The monoisotopic (exact) mass is 341 g/mol. The molecule has 0 bridgehead atoms. The lowest BCUT2D eigenvalue weighted by Crippen LogP contribution is -2.07. The number of hydrogen-bond donors (Lipinski definition) is 2. The zero-order chi connectivity index (χ0) is 13.7. The number of aryl methyl sites for hydroxylation is 1. The molecule has 0 aliphatic carbocycles. The summed E-state index contributed by atoms with van der Waals surface area (Å²) in [6.07, 6.45) is 4.49. The van der Waals surface area contributed by atoms with Crippen LogP contribution in [-0.4, -0.2) is 21.5 Å². The van der Waals surface area contributed by atoms with E-state index in [1.807, 2.05) is 6.20 Å². The number of aromatic nitrogens is 3. The summed E-state index contributed by atoms with van der Waals surface area (Å²) in [5.41, 5.74) is 0. The Bertz CT molecular complexity index is 543. The molecule has 102 valence electrons. The Hall–Kier alpha value is -1.21. The summed E-state index contributed by atoms with van der Waals surface area (Å²) in [6.45, 7) is 5.72. The van der Waals surface area contributed by atoms with Crippen LogP contribution in [0.3, 0.4) is 0 Å². The number of hydrogen-bond acceptors (Lipinski definition) is 6. The first kappa shape index (κ1) is 14.2. The highest BCUT2D eigenvalue weighted by molar-refractivity contribution is 9.10. The van der Waals surface area contributed by atoms with E-state index in [2.05, 4.69) is 55.4 Å². The smallest absolute Gasteiger partial charge is 0.146 e. The molecule has 0 radical (unpaired) electrons. The fourth-order valence-electron chi connectivity index (χ4n) is 1.50. The van der Waals surface area contributed by atoms with E-state index in [0.29, 0.717) is 6.54 Å². The molecule has 2 aromatic rings. The molecule has 2 heterocycles. The third-order valence-corrected chi connectivity index (χ3v) is 4.07. The predicted molar refractivity (Wildman–Crippen MR) is 82.7 cm³/mol. The van der Waals surface area contributed by atoms with E-state index < -0.39 is 0 Å². The van der Waals surface area contributed by atoms with Gasteiger partial charge in [0.1, 0.15) is 27.4 Å². The molecule has 0 amide bonds. The second-order valence-corrected chi connectivity index (χ2v) is 6.14. The number of nitrogens with one attached hydrogen (secondary N) is 2. The lowest BCUT2D eigenvalue weighted by Gasteiger charge is -2.10. The lowest BCUT2D eigenvalue weighted by atomic mass is 10.4. The van der Waals surface area contributed by atoms with Crippen LogP contribution in [0.25, 0.3) is 0 Å². The van der Waals surface area contributed by atoms with Crippen LogP contribution in [0.2, 0.25) is 0 Å². The van der Waals surface area contributed by atoms with Gasteiger partial charge < -0.3 is 10.6 Å². The van der Waals surface area contributed by atoms with Crippen molar-refractivity contribution in [3.8, 4) is 0 Å². The zero-order valence-electron chi connectivity index (χ0n) is 10.9. The van der Waals surface area contributed by atoms with Crippen molar-refractivity contribution in [2.75, 3.05) is 17.2 Å². The van der Waals surface area contributed by atoms with Crippen LogP contribution in [0.4, 0.5) is 11.6 Å². The molecule has 0 aromatic carbocycles. The maximum atomic E-state index is 4.31. The van der Waals surface area contributed by atoms with Crippen molar-refractivity contribution in [2.45, 2.75) is 26.8 Å². The number of halogens is 1. The van der Waals surface area contributed by atoms with Gasteiger partial charge in [0, 0.05) is 17.6 Å². The molecule has 2 rings (SSSR count). The Labute approximate surface area is 125 Å². The summed E-state index contributed by atoms with van der Waals surface area (Å²) in [6, 6.07) is 0. The fourth-order valence-corrected chi connectivity index (χ4v) is 2.71. The van der Waals surface area contributed by atoms with Crippen molar-refractivity contribution in [3.05, 3.63) is 26.9 Å². The first-order valence-corrected chi connectivity index (χ1v) is 7.71. The zero-order valence-corrected chi connectivity index (χ0v) is 13.3. The van der Waals surface area contributed by atoms with Crippen molar-refractivity contribution < 1.29 is 0 Å². The Balaban J connectivity index is 2.03.